The van der Waals surface area contributed by atoms with E-state index in [9.17, 15) is 13.2 Å². The largest absolute Gasteiger partial charge is 0.477 e. The minimum atomic E-state index is -3.77. The summed E-state index contributed by atoms with van der Waals surface area (Å²) in [4.78, 5) is 10.7. The lowest BCUT2D eigenvalue weighted by molar-refractivity contribution is 0.0698. The number of carboxylic acid groups (broad SMARTS) is 1. The fourth-order valence-electron chi connectivity index (χ4n) is 1.82. The van der Waals surface area contributed by atoms with Gasteiger partial charge < -0.3 is 9.84 Å². The van der Waals surface area contributed by atoms with Gasteiger partial charge in [0.25, 0.3) is 0 Å². The smallest absolute Gasteiger partial charge is 0.347 e. The normalized spacial score (nSPS) is 20.4. The molecule has 0 aromatic carbocycles. The van der Waals surface area contributed by atoms with E-state index in [1.54, 1.807) is 0 Å². The number of sulfonamides is 1. The number of carboxylic acids is 1. The van der Waals surface area contributed by atoms with Gasteiger partial charge in [0.05, 0.1) is 12.6 Å². The van der Waals surface area contributed by atoms with Gasteiger partial charge in [0.2, 0.25) is 10.0 Å². The molecule has 1 atom stereocenters. The maximum absolute atomic E-state index is 12.3. The number of aromatic carboxylic acids is 1. The van der Waals surface area contributed by atoms with Crippen LogP contribution in [0.5, 0.6) is 0 Å². The number of rotatable bonds is 4. The van der Waals surface area contributed by atoms with Gasteiger partial charge in [-0.25, -0.2) is 13.2 Å². The highest BCUT2D eigenvalue weighted by Gasteiger charge is 2.33. The summed E-state index contributed by atoms with van der Waals surface area (Å²) in [6, 6.07) is 1.10. The number of thiophene rings is 1. The van der Waals surface area contributed by atoms with E-state index in [2.05, 4.69) is 0 Å². The molecule has 1 saturated heterocycles. The molecule has 8 heteroatoms. The van der Waals surface area contributed by atoms with Crippen molar-refractivity contribution < 1.29 is 23.1 Å². The number of hydrogen-bond donors (Lipinski definition) is 1. The van der Waals surface area contributed by atoms with Gasteiger partial charge in [-0.15, -0.1) is 11.3 Å². The molecule has 0 saturated carbocycles. The predicted octanol–water partition coefficient (Wildman–Crippen LogP) is 0.856. The van der Waals surface area contributed by atoms with Crippen molar-refractivity contribution in [3.05, 3.63) is 16.3 Å². The Hall–Kier alpha value is -0.960. The monoisotopic (exact) mass is 291 g/mol. The molecule has 0 aliphatic carbocycles. The van der Waals surface area contributed by atoms with Crippen LogP contribution in [0.3, 0.4) is 0 Å². The van der Waals surface area contributed by atoms with Gasteiger partial charge in [0, 0.05) is 13.7 Å². The Morgan fingerprint density at radius 1 is 1.61 bits per heavy atom. The zero-order valence-corrected chi connectivity index (χ0v) is 11.3. The van der Waals surface area contributed by atoms with Crippen LogP contribution < -0.4 is 0 Å². The van der Waals surface area contributed by atoms with Gasteiger partial charge in [-0.05, 0) is 17.9 Å². The molecule has 1 aromatic heterocycles. The van der Waals surface area contributed by atoms with E-state index >= 15 is 0 Å². The summed E-state index contributed by atoms with van der Waals surface area (Å²) in [5.74, 6) is -1.22. The van der Waals surface area contributed by atoms with Crippen molar-refractivity contribution in [3.63, 3.8) is 0 Å². The van der Waals surface area contributed by atoms with E-state index in [0.717, 1.165) is 11.3 Å². The van der Waals surface area contributed by atoms with E-state index in [4.69, 9.17) is 9.84 Å². The molecule has 1 N–H and O–H groups in total. The molecule has 1 aliphatic heterocycles. The summed E-state index contributed by atoms with van der Waals surface area (Å²) in [6.45, 7) is 0.877. The van der Waals surface area contributed by atoms with Crippen LogP contribution in [0.1, 0.15) is 16.1 Å². The van der Waals surface area contributed by atoms with E-state index in [1.807, 2.05) is 0 Å². The van der Waals surface area contributed by atoms with Crippen molar-refractivity contribution >= 4 is 27.3 Å². The Balaban J connectivity index is 2.35. The van der Waals surface area contributed by atoms with Crippen molar-refractivity contribution in [2.75, 3.05) is 20.3 Å². The Kier molecular flexibility index (Phi) is 3.71. The third-order valence-corrected chi connectivity index (χ3v) is 5.88. The Labute approximate surface area is 109 Å². The van der Waals surface area contributed by atoms with Gasteiger partial charge in [-0.1, -0.05) is 0 Å². The molecule has 1 fully saturated rings. The highest BCUT2D eigenvalue weighted by atomic mass is 32.2. The topological polar surface area (TPSA) is 83.9 Å². The first kappa shape index (κ1) is 13.5. The van der Waals surface area contributed by atoms with Crippen LogP contribution in [0, 0.1) is 0 Å². The van der Waals surface area contributed by atoms with Gasteiger partial charge in [-0.2, -0.15) is 4.31 Å². The van der Waals surface area contributed by atoms with Crippen molar-refractivity contribution in [1.29, 1.82) is 0 Å². The lowest BCUT2D eigenvalue weighted by atomic mass is 10.3. The van der Waals surface area contributed by atoms with Crippen molar-refractivity contribution in [2.24, 2.45) is 0 Å². The summed E-state index contributed by atoms with van der Waals surface area (Å²) >= 11 is 0.908. The Morgan fingerprint density at radius 2 is 2.33 bits per heavy atom. The fourth-order valence-corrected chi connectivity index (χ4v) is 4.42. The molecule has 1 unspecified atom stereocenters. The van der Waals surface area contributed by atoms with Crippen LogP contribution in [0.2, 0.25) is 0 Å². The van der Waals surface area contributed by atoms with E-state index in [-0.39, 0.29) is 15.8 Å². The highest BCUT2D eigenvalue weighted by molar-refractivity contribution is 7.89. The van der Waals surface area contributed by atoms with Gasteiger partial charge in [-0.3, -0.25) is 0 Å². The van der Waals surface area contributed by atoms with Gasteiger partial charge in [0.1, 0.15) is 9.77 Å². The molecule has 0 amide bonds. The van der Waals surface area contributed by atoms with Gasteiger partial charge >= 0.3 is 5.97 Å². The fraction of sp³-hybridized carbons (Fsp3) is 0.500. The van der Waals surface area contributed by atoms with Crippen molar-refractivity contribution in [2.45, 2.75) is 17.4 Å². The summed E-state index contributed by atoms with van der Waals surface area (Å²) in [5.41, 5.74) is 0. The molecule has 2 heterocycles. The maximum Gasteiger partial charge on any atom is 0.347 e. The van der Waals surface area contributed by atoms with Crippen molar-refractivity contribution in [3.8, 4) is 0 Å². The lowest BCUT2D eigenvalue weighted by Gasteiger charge is -2.22. The number of hydrogen-bond acceptors (Lipinski definition) is 5. The number of nitrogens with zero attached hydrogens (tertiary/aromatic N) is 1. The second kappa shape index (κ2) is 4.96. The summed E-state index contributed by atoms with van der Waals surface area (Å²) in [7, 11) is -2.32. The molecule has 6 nitrogen and oxygen atoms in total. The quantitative estimate of drug-likeness (QED) is 0.889. The van der Waals surface area contributed by atoms with Crippen LogP contribution in [-0.2, 0) is 14.8 Å². The molecular formula is C10H13NO5S2. The highest BCUT2D eigenvalue weighted by Crippen LogP contribution is 2.27. The predicted molar refractivity (Wildman–Crippen MR) is 65.5 cm³/mol. The molecule has 0 radical (unpaired) electrons. The van der Waals surface area contributed by atoms with Crippen LogP contribution in [0.25, 0.3) is 0 Å². The van der Waals surface area contributed by atoms with E-state index in [1.165, 1.54) is 22.8 Å². The van der Waals surface area contributed by atoms with Gasteiger partial charge in [0.15, 0.2) is 0 Å². The van der Waals surface area contributed by atoms with Crippen molar-refractivity contribution in [1.82, 2.24) is 4.31 Å². The Morgan fingerprint density at radius 3 is 2.89 bits per heavy atom. The minimum absolute atomic E-state index is 0.144. The first-order valence-corrected chi connectivity index (χ1v) is 7.63. The zero-order chi connectivity index (χ0) is 13.3. The molecule has 18 heavy (non-hydrogen) atoms. The van der Waals surface area contributed by atoms with Crippen LogP contribution in [0.4, 0.5) is 0 Å². The van der Waals surface area contributed by atoms with Crippen LogP contribution in [-0.4, -0.2) is 50.1 Å². The SMILES string of the molecule is CN(C1CCOC1)S(=O)(=O)c1ccsc1C(=O)O. The minimum Gasteiger partial charge on any atom is -0.477 e. The molecule has 1 aromatic rings. The third-order valence-electron chi connectivity index (χ3n) is 2.90. The first-order chi connectivity index (χ1) is 8.44. The van der Waals surface area contributed by atoms with E-state index in [0.29, 0.717) is 19.6 Å². The number of likely N-dealkylation sites (N-methyl/N-ethyl adjacent to an activating group) is 1. The molecule has 0 bridgehead atoms. The molecular weight excluding hydrogens is 278 g/mol. The average Bonchev–Trinajstić information content (AvgIpc) is 2.99. The summed E-state index contributed by atoms with van der Waals surface area (Å²) in [5, 5.41) is 10.4. The average molecular weight is 291 g/mol. The lowest BCUT2D eigenvalue weighted by Crippen LogP contribution is -2.37. The first-order valence-electron chi connectivity index (χ1n) is 5.31. The summed E-state index contributed by atoms with van der Waals surface area (Å²) in [6.07, 6.45) is 0.627. The third kappa shape index (κ3) is 2.28. The second-order valence-electron chi connectivity index (χ2n) is 3.96. The number of carbonyl (C=O) groups is 1. The summed E-state index contributed by atoms with van der Waals surface area (Å²) < 4.78 is 31.0. The molecule has 2 rings (SSSR count). The molecule has 100 valence electrons. The zero-order valence-electron chi connectivity index (χ0n) is 9.70. The second-order valence-corrected chi connectivity index (χ2v) is 6.84. The van der Waals surface area contributed by atoms with Crippen LogP contribution >= 0.6 is 11.3 Å². The molecule has 0 spiro atoms. The molecule has 1 aliphatic rings. The number of ether oxygens (including phenoxy) is 1. The standard InChI is InChI=1S/C10H13NO5S2/c1-11(7-2-4-16-6-7)18(14,15)8-3-5-17-9(8)10(12)13/h3,5,7H,2,4,6H2,1H3,(H,12,13). The van der Waals surface area contributed by atoms with Crippen LogP contribution in [0.15, 0.2) is 16.3 Å². The van der Waals surface area contributed by atoms with E-state index < -0.39 is 16.0 Å². The Bertz CT molecular complexity index is 544. The maximum atomic E-state index is 12.3.